The van der Waals surface area contributed by atoms with E-state index in [0.717, 1.165) is 23.1 Å². The zero-order chi connectivity index (χ0) is 14.7. The topological polar surface area (TPSA) is 40.6 Å². The molecule has 4 nitrogen and oxygen atoms in total. The number of nitrogens with zero attached hydrogens (tertiary/aromatic N) is 1. The highest BCUT2D eigenvalue weighted by Crippen LogP contribution is 2.35. The lowest BCUT2D eigenvalue weighted by molar-refractivity contribution is -0.0894. The molecule has 3 atom stereocenters. The second-order valence-electron chi connectivity index (χ2n) is 5.06. The van der Waals surface area contributed by atoms with Crippen molar-refractivity contribution in [1.29, 1.82) is 0 Å². The third kappa shape index (κ3) is 3.12. The Labute approximate surface area is 129 Å². The normalized spacial score (nSPS) is 24.8. The number of pyridine rings is 1. The number of ether oxygens (including phenoxy) is 3. The van der Waals surface area contributed by atoms with E-state index >= 15 is 0 Å². The lowest BCUT2D eigenvalue weighted by atomic mass is 9.91. The van der Waals surface area contributed by atoms with E-state index in [9.17, 15) is 0 Å². The molecule has 1 saturated carbocycles. The van der Waals surface area contributed by atoms with E-state index in [0.29, 0.717) is 13.2 Å². The molecule has 112 valence electrons. The molecule has 1 aromatic heterocycles. The zero-order valence-corrected chi connectivity index (χ0v) is 12.6. The largest absolute Gasteiger partial charge is 0.487 e. The highest BCUT2D eigenvalue weighted by Gasteiger charge is 2.43. The molecule has 2 aromatic rings. The van der Waals surface area contributed by atoms with Crippen molar-refractivity contribution in [3.8, 4) is 5.75 Å². The molecule has 1 heterocycles. The van der Waals surface area contributed by atoms with Gasteiger partial charge >= 0.3 is 0 Å². The molecule has 1 fully saturated rings. The molecule has 21 heavy (non-hydrogen) atoms. The smallest absolute Gasteiger partial charge is 0.129 e. The monoisotopic (exact) mass is 307 g/mol. The molecular formula is C16H18ClNO3. The summed E-state index contributed by atoms with van der Waals surface area (Å²) in [5.41, 5.74) is 0.925. The van der Waals surface area contributed by atoms with Gasteiger partial charge in [0.2, 0.25) is 0 Å². The van der Waals surface area contributed by atoms with Crippen LogP contribution in [0.5, 0.6) is 5.75 Å². The average molecular weight is 308 g/mol. The van der Waals surface area contributed by atoms with Crippen LogP contribution in [0.2, 0.25) is 0 Å². The van der Waals surface area contributed by atoms with Crippen LogP contribution >= 0.6 is 11.6 Å². The van der Waals surface area contributed by atoms with Crippen molar-refractivity contribution < 1.29 is 14.2 Å². The molecule has 5 heteroatoms. The quantitative estimate of drug-likeness (QED) is 0.607. The van der Waals surface area contributed by atoms with Crippen molar-refractivity contribution in [2.45, 2.75) is 24.0 Å². The Morgan fingerprint density at radius 1 is 1.24 bits per heavy atom. The fourth-order valence-corrected chi connectivity index (χ4v) is 2.87. The summed E-state index contributed by atoms with van der Waals surface area (Å²) in [4.78, 5) is 4.33. The van der Waals surface area contributed by atoms with Crippen LogP contribution in [0.25, 0.3) is 10.9 Å². The molecule has 0 saturated heterocycles. The van der Waals surface area contributed by atoms with Crippen LogP contribution in [-0.4, -0.2) is 42.9 Å². The first-order valence-corrected chi connectivity index (χ1v) is 7.48. The van der Waals surface area contributed by atoms with E-state index in [1.54, 1.807) is 13.3 Å². The molecule has 3 unspecified atom stereocenters. The predicted molar refractivity (Wildman–Crippen MR) is 82.0 cm³/mol. The first kappa shape index (κ1) is 14.6. The summed E-state index contributed by atoms with van der Waals surface area (Å²) in [6, 6.07) is 9.79. The van der Waals surface area contributed by atoms with Crippen molar-refractivity contribution in [2.75, 3.05) is 20.3 Å². The summed E-state index contributed by atoms with van der Waals surface area (Å²) in [5.74, 6) is 0.828. The van der Waals surface area contributed by atoms with Crippen LogP contribution in [0, 0.1) is 0 Å². The first-order valence-electron chi connectivity index (χ1n) is 7.04. The van der Waals surface area contributed by atoms with E-state index in [4.69, 9.17) is 25.8 Å². The Balaban J connectivity index is 1.70. The van der Waals surface area contributed by atoms with Gasteiger partial charge in [0.15, 0.2) is 0 Å². The molecule has 1 aliphatic rings. The average Bonchev–Trinajstić information content (AvgIpc) is 2.51. The predicted octanol–water partition coefficient (Wildman–Crippen LogP) is 3.02. The zero-order valence-electron chi connectivity index (χ0n) is 11.9. The van der Waals surface area contributed by atoms with Crippen molar-refractivity contribution in [1.82, 2.24) is 4.98 Å². The number of methoxy groups -OCH3 is 1. The van der Waals surface area contributed by atoms with Crippen LogP contribution in [0.15, 0.2) is 36.5 Å². The van der Waals surface area contributed by atoms with Crippen LogP contribution in [0.4, 0.5) is 0 Å². The number of fused-ring (bicyclic) bond motifs is 1. The third-order valence-corrected chi connectivity index (χ3v) is 4.09. The summed E-state index contributed by atoms with van der Waals surface area (Å²) in [7, 11) is 1.65. The Morgan fingerprint density at radius 2 is 2.14 bits per heavy atom. The first-order chi connectivity index (χ1) is 10.3. The lowest BCUT2D eigenvalue weighted by Crippen LogP contribution is -2.53. The lowest BCUT2D eigenvalue weighted by Gasteiger charge is -2.40. The van der Waals surface area contributed by atoms with Gasteiger partial charge in [0, 0.05) is 25.1 Å². The van der Waals surface area contributed by atoms with Gasteiger partial charge < -0.3 is 14.2 Å². The van der Waals surface area contributed by atoms with Crippen LogP contribution in [0.3, 0.4) is 0 Å². The van der Waals surface area contributed by atoms with Crippen molar-refractivity contribution in [2.24, 2.45) is 0 Å². The van der Waals surface area contributed by atoms with Gasteiger partial charge in [-0.15, -0.1) is 11.6 Å². The van der Waals surface area contributed by atoms with Crippen molar-refractivity contribution >= 4 is 22.5 Å². The number of hydrogen-bond donors (Lipinski definition) is 0. The van der Waals surface area contributed by atoms with E-state index in [1.165, 1.54) is 0 Å². The van der Waals surface area contributed by atoms with Crippen LogP contribution in [-0.2, 0) is 9.47 Å². The fraction of sp³-hybridized carbons (Fsp3) is 0.438. The Hall–Kier alpha value is -1.36. The number of hydrogen-bond acceptors (Lipinski definition) is 4. The molecule has 0 spiro atoms. The minimum Gasteiger partial charge on any atom is -0.487 e. The number of aromatic nitrogens is 1. The van der Waals surface area contributed by atoms with E-state index in [-0.39, 0.29) is 17.6 Å². The molecule has 3 rings (SSSR count). The summed E-state index contributed by atoms with van der Waals surface area (Å²) >= 11 is 6.21. The van der Waals surface area contributed by atoms with E-state index < -0.39 is 0 Å². The van der Waals surface area contributed by atoms with Gasteiger partial charge in [-0.25, -0.2) is 0 Å². The maximum absolute atomic E-state index is 6.21. The van der Waals surface area contributed by atoms with Gasteiger partial charge in [0.1, 0.15) is 18.0 Å². The third-order valence-electron chi connectivity index (χ3n) is 3.66. The van der Waals surface area contributed by atoms with Crippen LogP contribution < -0.4 is 4.74 Å². The van der Waals surface area contributed by atoms with Gasteiger partial charge in [-0.3, -0.25) is 4.98 Å². The van der Waals surface area contributed by atoms with Gasteiger partial charge in [0.05, 0.1) is 24.1 Å². The number of benzene rings is 1. The standard InChI is InChI=1S/C16H18ClNO3/c1-19-8-9-20-16-12(17)10-15(16)21-14-6-2-5-13-11(14)4-3-7-18-13/h2-7,12,15-16H,8-10H2,1H3. The summed E-state index contributed by atoms with van der Waals surface area (Å²) in [5, 5.41) is 1.01. The second-order valence-corrected chi connectivity index (χ2v) is 5.62. The van der Waals surface area contributed by atoms with E-state index in [2.05, 4.69) is 4.98 Å². The van der Waals surface area contributed by atoms with Crippen molar-refractivity contribution in [3.63, 3.8) is 0 Å². The molecule has 0 radical (unpaired) electrons. The number of rotatable bonds is 6. The van der Waals surface area contributed by atoms with Gasteiger partial charge in [0.25, 0.3) is 0 Å². The van der Waals surface area contributed by atoms with Gasteiger partial charge in [-0.05, 0) is 24.3 Å². The fourth-order valence-electron chi connectivity index (χ4n) is 2.46. The SMILES string of the molecule is COCCOC1C(Cl)CC1Oc1cccc2ncccc12. The minimum absolute atomic E-state index is 0.0000393. The van der Waals surface area contributed by atoms with Gasteiger partial charge in [-0.2, -0.15) is 0 Å². The van der Waals surface area contributed by atoms with E-state index in [1.807, 2.05) is 30.3 Å². The molecule has 0 bridgehead atoms. The molecule has 0 aliphatic heterocycles. The Bertz CT molecular complexity index is 602. The molecule has 1 aromatic carbocycles. The minimum atomic E-state index is -0.0891. The maximum atomic E-state index is 6.21. The van der Waals surface area contributed by atoms with Crippen LogP contribution in [0.1, 0.15) is 6.42 Å². The highest BCUT2D eigenvalue weighted by molar-refractivity contribution is 6.21. The number of alkyl halides is 1. The second kappa shape index (κ2) is 6.60. The number of halogens is 1. The van der Waals surface area contributed by atoms with Crippen molar-refractivity contribution in [3.05, 3.63) is 36.5 Å². The summed E-state index contributed by atoms with van der Waals surface area (Å²) in [6.45, 7) is 1.09. The molecule has 0 N–H and O–H groups in total. The molecule has 1 aliphatic carbocycles. The summed E-state index contributed by atoms with van der Waals surface area (Å²) < 4.78 is 16.8. The Kier molecular flexibility index (Phi) is 4.58. The Morgan fingerprint density at radius 3 is 2.95 bits per heavy atom. The highest BCUT2D eigenvalue weighted by atomic mass is 35.5. The molecular weight excluding hydrogens is 290 g/mol. The van der Waals surface area contributed by atoms with Gasteiger partial charge in [-0.1, -0.05) is 6.07 Å². The summed E-state index contributed by atoms with van der Waals surface area (Å²) in [6.07, 6.45) is 2.46. The molecule has 0 amide bonds. The maximum Gasteiger partial charge on any atom is 0.129 e.